The summed E-state index contributed by atoms with van der Waals surface area (Å²) in [5, 5.41) is -0.0394. The van der Waals surface area contributed by atoms with Crippen molar-refractivity contribution in [1.29, 1.82) is 0 Å². The highest BCUT2D eigenvalue weighted by Crippen LogP contribution is 2.29. The van der Waals surface area contributed by atoms with E-state index < -0.39 is 8.87 Å². The molecule has 1 aliphatic rings. The zero-order valence-corrected chi connectivity index (χ0v) is 7.67. The Morgan fingerprint density at radius 3 is 2.20 bits per heavy atom. The molecule has 1 fully saturated rings. The Morgan fingerprint density at radius 2 is 1.80 bits per heavy atom. The molecule has 4 heteroatoms. The largest absolute Gasteiger partial charge is 0.217 e. The molecule has 10 heavy (non-hydrogen) atoms. The van der Waals surface area contributed by atoms with Crippen LogP contribution in [-0.4, -0.2) is 19.9 Å². The topological polar surface area (TPSA) is 34.1 Å². The van der Waals surface area contributed by atoms with Crippen LogP contribution in [-0.2, 0) is 8.87 Å². The fraction of sp³-hybridized carbons (Fsp3) is 1.00. The first-order valence-electron chi connectivity index (χ1n) is 3.46. The average Bonchev–Trinajstić information content (AvgIpc) is 2.38. The molecular formula is C6H12O2S2. The fourth-order valence-electron chi connectivity index (χ4n) is 1.31. The van der Waals surface area contributed by atoms with Gasteiger partial charge in [-0.05, 0) is 29.9 Å². The molecule has 60 valence electrons. The van der Waals surface area contributed by atoms with Gasteiger partial charge in [0.25, 0.3) is 0 Å². The van der Waals surface area contributed by atoms with Gasteiger partial charge >= 0.3 is 0 Å². The van der Waals surface area contributed by atoms with Gasteiger partial charge in [0.05, 0.1) is 5.25 Å². The molecule has 0 unspecified atom stereocenters. The highest BCUT2D eigenvalue weighted by molar-refractivity contribution is 8.72. The molecule has 2 nitrogen and oxygen atoms in total. The van der Waals surface area contributed by atoms with Crippen molar-refractivity contribution < 1.29 is 8.42 Å². The van der Waals surface area contributed by atoms with Crippen LogP contribution in [0, 0.1) is 0 Å². The van der Waals surface area contributed by atoms with Crippen LogP contribution < -0.4 is 0 Å². The molecule has 0 spiro atoms. The third kappa shape index (κ3) is 1.66. The van der Waals surface area contributed by atoms with Crippen molar-refractivity contribution in [3.63, 3.8) is 0 Å². The molecule has 0 N–H and O–H groups in total. The highest BCUT2D eigenvalue weighted by Gasteiger charge is 2.27. The van der Waals surface area contributed by atoms with E-state index in [0.29, 0.717) is 0 Å². The first-order chi connectivity index (χ1) is 4.67. The lowest BCUT2D eigenvalue weighted by Crippen LogP contribution is -2.12. The molecule has 0 atom stereocenters. The second kappa shape index (κ2) is 3.13. The van der Waals surface area contributed by atoms with Gasteiger partial charge in [-0.1, -0.05) is 12.8 Å². The summed E-state index contributed by atoms with van der Waals surface area (Å²) < 4.78 is 22.3. The maximum atomic E-state index is 11.2. The molecule has 0 aliphatic heterocycles. The minimum absolute atomic E-state index is 0.0394. The van der Waals surface area contributed by atoms with Gasteiger partial charge in [0.1, 0.15) is 0 Å². The predicted octanol–water partition coefficient (Wildman–Crippen LogP) is 1.62. The summed E-state index contributed by atoms with van der Waals surface area (Å²) in [4.78, 5) is 0. The molecule has 0 bridgehead atoms. The smallest absolute Gasteiger partial charge is 0.204 e. The molecule has 1 aliphatic carbocycles. The Kier molecular flexibility index (Phi) is 2.63. The molecule has 0 aromatic heterocycles. The predicted molar refractivity (Wildman–Crippen MR) is 44.7 cm³/mol. The van der Waals surface area contributed by atoms with Crippen LogP contribution in [0.25, 0.3) is 0 Å². The van der Waals surface area contributed by atoms with Crippen molar-refractivity contribution >= 4 is 19.7 Å². The van der Waals surface area contributed by atoms with E-state index in [4.69, 9.17) is 0 Å². The van der Waals surface area contributed by atoms with Crippen molar-refractivity contribution in [1.82, 2.24) is 0 Å². The van der Waals surface area contributed by atoms with Crippen molar-refractivity contribution in [2.24, 2.45) is 0 Å². The summed E-state index contributed by atoms with van der Waals surface area (Å²) in [5.41, 5.74) is 0. The zero-order chi connectivity index (χ0) is 7.61. The van der Waals surface area contributed by atoms with Gasteiger partial charge in [0.2, 0.25) is 8.87 Å². The normalized spacial score (nSPS) is 21.7. The Hall–Kier alpha value is 0.300. The minimum Gasteiger partial charge on any atom is -0.217 e. The summed E-state index contributed by atoms with van der Waals surface area (Å²) in [6.07, 6.45) is 5.58. The zero-order valence-electron chi connectivity index (χ0n) is 6.04. The maximum absolute atomic E-state index is 11.2. The monoisotopic (exact) mass is 180 g/mol. The lowest BCUT2D eigenvalue weighted by molar-refractivity contribution is 0.595. The SMILES string of the molecule is CSS(=O)(=O)C1CCCC1. The van der Waals surface area contributed by atoms with Crippen molar-refractivity contribution in [2.45, 2.75) is 30.9 Å². The molecule has 1 rings (SSSR count). The van der Waals surface area contributed by atoms with E-state index in [2.05, 4.69) is 0 Å². The summed E-state index contributed by atoms with van der Waals surface area (Å²) in [6.45, 7) is 0. The first-order valence-corrected chi connectivity index (χ1v) is 6.75. The molecule has 0 aromatic rings. The van der Waals surface area contributed by atoms with E-state index in [0.717, 1.165) is 36.5 Å². The van der Waals surface area contributed by atoms with E-state index in [-0.39, 0.29) is 5.25 Å². The van der Waals surface area contributed by atoms with E-state index in [1.165, 1.54) is 0 Å². The molecule has 0 aromatic carbocycles. The van der Waals surface area contributed by atoms with E-state index in [9.17, 15) is 8.42 Å². The molecule has 0 saturated heterocycles. The third-order valence-corrected chi connectivity index (χ3v) is 5.91. The molecule has 0 heterocycles. The van der Waals surface area contributed by atoms with Crippen LogP contribution >= 0.6 is 10.8 Å². The molecule has 0 amide bonds. The van der Waals surface area contributed by atoms with Crippen LogP contribution in [0.15, 0.2) is 0 Å². The number of hydrogen-bond donors (Lipinski definition) is 0. The van der Waals surface area contributed by atoms with Gasteiger partial charge in [-0.15, -0.1) is 0 Å². The summed E-state index contributed by atoms with van der Waals surface area (Å²) in [7, 11) is -1.78. The minimum atomic E-state index is -2.78. The van der Waals surface area contributed by atoms with Crippen molar-refractivity contribution in [3.8, 4) is 0 Å². The maximum Gasteiger partial charge on any atom is 0.204 e. The summed E-state index contributed by atoms with van der Waals surface area (Å²) in [6, 6.07) is 0. The number of hydrogen-bond acceptors (Lipinski definition) is 3. The Morgan fingerprint density at radius 1 is 1.30 bits per heavy atom. The van der Waals surface area contributed by atoms with E-state index >= 15 is 0 Å². The van der Waals surface area contributed by atoms with Gasteiger partial charge in [-0.2, -0.15) is 0 Å². The van der Waals surface area contributed by atoms with Crippen LogP contribution in [0.4, 0.5) is 0 Å². The fourth-order valence-corrected chi connectivity index (χ4v) is 3.89. The second-order valence-electron chi connectivity index (χ2n) is 2.57. The van der Waals surface area contributed by atoms with Crippen LogP contribution in [0.1, 0.15) is 25.7 Å². The highest BCUT2D eigenvalue weighted by atomic mass is 33.1. The van der Waals surface area contributed by atoms with Gasteiger partial charge < -0.3 is 0 Å². The van der Waals surface area contributed by atoms with Gasteiger partial charge in [0.15, 0.2) is 0 Å². The summed E-state index contributed by atoms with van der Waals surface area (Å²) >= 11 is 0. The van der Waals surface area contributed by atoms with Gasteiger partial charge in [0, 0.05) is 0 Å². The first kappa shape index (κ1) is 8.40. The lowest BCUT2D eigenvalue weighted by Gasteiger charge is -2.05. The van der Waals surface area contributed by atoms with Crippen LogP contribution in [0.5, 0.6) is 0 Å². The van der Waals surface area contributed by atoms with Crippen molar-refractivity contribution in [3.05, 3.63) is 0 Å². The Bertz CT molecular complexity index is 190. The van der Waals surface area contributed by atoms with E-state index in [1.54, 1.807) is 6.26 Å². The average molecular weight is 180 g/mol. The quantitative estimate of drug-likeness (QED) is 0.606. The van der Waals surface area contributed by atoms with E-state index in [1.807, 2.05) is 0 Å². The Labute approximate surface area is 65.7 Å². The summed E-state index contributed by atoms with van der Waals surface area (Å²) in [5.74, 6) is 0. The second-order valence-corrected chi connectivity index (χ2v) is 6.95. The van der Waals surface area contributed by atoms with Gasteiger partial charge in [-0.3, -0.25) is 0 Å². The molecular weight excluding hydrogens is 168 g/mol. The molecule has 0 radical (unpaired) electrons. The number of rotatable bonds is 2. The Balaban J connectivity index is 2.63. The third-order valence-electron chi connectivity index (χ3n) is 1.94. The van der Waals surface area contributed by atoms with Gasteiger partial charge in [-0.25, -0.2) is 8.42 Å². The standard InChI is InChI=1S/C6H12O2S2/c1-9-10(7,8)6-4-2-3-5-6/h6H,2-5H2,1H3. The molecule has 1 saturated carbocycles. The van der Waals surface area contributed by atoms with Crippen LogP contribution in [0.3, 0.4) is 0 Å². The van der Waals surface area contributed by atoms with Crippen molar-refractivity contribution in [2.75, 3.05) is 6.26 Å². The lowest BCUT2D eigenvalue weighted by atomic mass is 10.4. The van der Waals surface area contributed by atoms with Crippen LogP contribution in [0.2, 0.25) is 0 Å².